The smallest absolute Gasteiger partial charge is 0.254 e. The van der Waals surface area contributed by atoms with Crippen molar-refractivity contribution in [3.8, 4) is 5.75 Å². The monoisotopic (exact) mass is 459 g/mol. The van der Waals surface area contributed by atoms with E-state index in [1.165, 1.54) is 12.0 Å². The van der Waals surface area contributed by atoms with E-state index in [9.17, 15) is 19.8 Å². The second-order valence-electron chi connectivity index (χ2n) is 8.34. The van der Waals surface area contributed by atoms with Crippen molar-refractivity contribution in [1.29, 1.82) is 0 Å². The molecule has 0 bridgehead atoms. The predicted octanol–water partition coefficient (Wildman–Crippen LogP) is 1.56. The van der Waals surface area contributed by atoms with Gasteiger partial charge in [0.2, 0.25) is 5.91 Å². The number of carbonyl (C=O) groups excluding carboxylic acids is 2. The third-order valence-electron chi connectivity index (χ3n) is 6.22. The summed E-state index contributed by atoms with van der Waals surface area (Å²) in [5.41, 5.74) is 0.682. The second-order valence-corrected chi connectivity index (χ2v) is 8.77. The predicted molar refractivity (Wildman–Crippen MR) is 120 cm³/mol. The molecular formula is C23H26ClN3O5. The van der Waals surface area contributed by atoms with Gasteiger partial charge in [-0.05, 0) is 42.3 Å². The first-order chi connectivity index (χ1) is 15.2. The van der Waals surface area contributed by atoms with E-state index in [-0.39, 0.29) is 31.4 Å². The maximum absolute atomic E-state index is 13.8. The molecule has 9 heteroatoms. The van der Waals surface area contributed by atoms with Crippen LogP contribution < -0.4 is 10.1 Å². The van der Waals surface area contributed by atoms with Crippen molar-refractivity contribution in [2.24, 2.45) is 0 Å². The minimum absolute atomic E-state index is 0.0934. The van der Waals surface area contributed by atoms with Gasteiger partial charge in [0.25, 0.3) is 5.91 Å². The van der Waals surface area contributed by atoms with E-state index in [1.54, 1.807) is 55.4 Å². The Balaban J connectivity index is 2.06. The Labute approximate surface area is 191 Å². The van der Waals surface area contributed by atoms with Crippen molar-refractivity contribution in [1.82, 2.24) is 9.80 Å². The number of amides is 2. The molecule has 3 N–H and O–H groups in total. The van der Waals surface area contributed by atoms with Gasteiger partial charge in [0.05, 0.1) is 25.9 Å². The highest BCUT2D eigenvalue weighted by atomic mass is 35.5. The van der Waals surface area contributed by atoms with E-state index < -0.39 is 17.7 Å². The van der Waals surface area contributed by atoms with E-state index in [0.717, 1.165) is 0 Å². The first-order valence-electron chi connectivity index (χ1n) is 10.3. The quantitative estimate of drug-likeness (QED) is 0.627. The largest absolute Gasteiger partial charge is 0.496 e. The lowest BCUT2D eigenvalue weighted by atomic mass is 9.80. The summed E-state index contributed by atoms with van der Waals surface area (Å²) in [6.07, 6.45) is -0.618. The van der Waals surface area contributed by atoms with Crippen molar-refractivity contribution < 1.29 is 24.5 Å². The molecule has 2 amide bonds. The Kier molecular flexibility index (Phi) is 5.89. The molecule has 0 spiro atoms. The number of fused-ring (bicyclic) bond motifs is 1. The fourth-order valence-electron chi connectivity index (χ4n) is 4.82. The van der Waals surface area contributed by atoms with Gasteiger partial charge in [0.1, 0.15) is 5.75 Å². The van der Waals surface area contributed by atoms with Crippen LogP contribution in [0.1, 0.15) is 23.1 Å². The normalized spacial score (nSPS) is 24.9. The molecule has 170 valence electrons. The number of β-amino-alcohol motifs (C(OH)–C–C–N with tert-alkyl or cyclic N) is 1. The van der Waals surface area contributed by atoms with Gasteiger partial charge >= 0.3 is 0 Å². The molecule has 2 aromatic carbocycles. The summed E-state index contributed by atoms with van der Waals surface area (Å²) < 4.78 is 5.63. The van der Waals surface area contributed by atoms with E-state index >= 15 is 0 Å². The highest BCUT2D eigenvalue weighted by Crippen LogP contribution is 2.51. The summed E-state index contributed by atoms with van der Waals surface area (Å²) in [6, 6.07) is 9.45. The molecule has 2 aliphatic rings. The number of ether oxygens (including phenoxy) is 1. The van der Waals surface area contributed by atoms with Gasteiger partial charge in [-0.25, -0.2) is 0 Å². The molecule has 2 heterocycles. The second kappa shape index (κ2) is 8.37. The average Bonchev–Trinajstić information content (AvgIpc) is 3.29. The number of anilines is 1. The van der Waals surface area contributed by atoms with Gasteiger partial charge < -0.3 is 25.2 Å². The zero-order valence-corrected chi connectivity index (χ0v) is 18.9. The fraction of sp³-hybridized carbons (Fsp3) is 0.391. The number of nitrogens with zero attached hydrogens (tertiary/aromatic N) is 2. The number of carbonyl (C=O) groups is 2. The molecule has 4 rings (SSSR count). The number of benzene rings is 2. The SMILES string of the molecule is COc1ccc(CO)cc1C1(N2CC(O)C[C@H]2C(=O)N(C)C)C(=O)Nc2ccc(Cl)cc21. The summed E-state index contributed by atoms with van der Waals surface area (Å²) >= 11 is 6.35. The number of hydrogen-bond donors (Lipinski definition) is 3. The minimum Gasteiger partial charge on any atom is -0.496 e. The Morgan fingerprint density at radius 1 is 1.28 bits per heavy atom. The van der Waals surface area contributed by atoms with Crippen molar-refractivity contribution >= 4 is 29.1 Å². The Bertz CT molecular complexity index is 1080. The van der Waals surface area contributed by atoms with Gasteiger partial charge in [0, 0.05) is 42.5 Å². The summed E-state index contributed by atoms with van der Waals surface area (Å²) in [4.78, 5) is 30.2. The fourth-order valence-corrected chi connectivity index (χ4v) is 4.99. The van der Waals surface area contributed by atoms with Crippen LogP contribution in [0.15, 0.2) is 36.4 Å². The van der Waals surface area contributed by atoms with Crippen molar-refractivity contribution in [2.45, 2.75) is 30.7 Å². The van der Waals surface area contributed by atoms with E-state index in [1.807, 2.05) is 0 Å². The molecule has 2 aromatic rings. The van der Waals surface area contributed by atoms with E-state index in [0.29, 0.717) is 33.1 Å². The molecule has 0 radical (unpaired) electrons. The molecule has 3 atom stereocenters. The van der Waals surface area contributed by atoms with Crippen LogP contribution in [-0.2, 0) is 21.7 Å². The van der Waals surface area contributed by atoms with Crippen LogP contribution in [0.2, 0.25) is 5.02 Å². The molecule has 32 heavy (non-hydrogen) atoms. The van der Waals surface area contributed by atoms with Crippen LogP contribution in [-0.4, -0.2) is 71.7 Å². The number of likely N-dealkylation sites (N-methyl/N-ethyl adjacent to an activating group) is 1. The standard InChI is InChI=1S/C23H26ClN3O5/c1-26(2)21(30)19-10-15(29)11-27(19)23(17-8-13(12-28)4-7-20(17)32-3)16-9-14(24)5-6-18(16)25-22(23)31/h4-9,15,19,28-29H,10-12H2,1-3H3,(H,25,31)/t15?,19-,23?/m0/s1. The number of aliphatic hydroxyl groups excluding tert-OH is 2. The van der Waals surface area contributed by atoms with E-state index in [2.05, 4.69) is 5.32 Å². The van der Waals surface area contributed by atoms with Gasteiger partial charge in [-0.1, -0.05) is 17.7 Å². The number of halogens is 1. The Hall–Kier alpha value is -2.65. The summed E-state index contributed by atoms with van der Waals surface area (Å²) in [6.45, 7) is -0.143. The number of aliphatic hydroxyl groups is 2. The van der Waals surface area contributed by atoms with Crippen LogP contribution in [0.4, 0.5) is 5.69 Å². The molecule has 2 unspecified atom stereocenters. The highest BCUT2D eigenvalue weighted by molar-refractivity contribution is 6.31. The lowest BCUT2D eigenvalue weighted by Gasteiger charge is -2.41. The molecule has 8 nitrogen and oxygen atoms in total. The lowest BCUT2D eigenvalue weighted by Crippen LogP contribution is -2.57. The third-order valence-corrected chi connectivity index (χ3v) is 6.46. The number of methoxy groups -OCH3 is 1. The van der Waals surface area contributed by atoms with Crippen LogP contribution in [0.5, 0.6) is 5.75 Å². The van der Waals surface area contributed by atoms with Gasteiger partial charge in [-0.2, -0.15) is 0 Å². The highest BCUT2D eigenvalue weighted by Gasteiger charge is 2.59. The number of rotatable bonds is 5. The number of likely N-dealkylation sites (tertiary alicyclic amines) is 1. The molecule has 0 aliphatic carbocycles. The van der Waals surface area contributed by atoms with Crippen LogP contribution in [0, 0.1) is 0 Å². The molecule has 2 aliphatic heterocycles. The molecule has 0 aromatic heterocycles. The molecule has 1 fully saturated rings. The van der Waals surface area contributed by atoms with Crippen LogP contribution >= 0.6 is 11.6 Å². The zero-order chi connectivity index (χ0) is 23.2. The third kappa shape index (κ3) is 3.34. The van der Waals surface area contributed by atoms with Crippen molar-refractivity contribution in [2.75, 3.05) is 33.1 Å². The Morgan fingerprint density at radius 2 is 2.03 bits per heavy atom. The number of nitrogens with one attached hydrogen (secondary N) is 1. The molecule has 1 saturated heterocycles. The van der Waals surface area contributed by atoms with Gasteiger partial charge in [-0.15, -0.1) is 0 Å². The Morgan fingerprint density at radius 3 is 2.69 bits per heavy atom. The summed E-state index contributed by atoms with van der Waals surface area (Å²) in [5.74, 6) is -0.182. The lowest BCUT2D eigenvalue weighted by molar-refractivity contribution is -0.138. The van der Waals surface area contributed by atoms with Gasteiger partial charge in [0.15, 0.2) is 5.54 Å². The molecular weight excluding hydrogens is 434 g/mol. The van der Waals surface area contributed by atoms with E-state index in [4.69, 9.17) is 16.3 Å². The average molecular weight is 460 g/mol. The number of hydrogen-bond acceptors (Lipinski definition) is 6. The minimum atomic E-state index is -1.50. The first-order valence-corrected chi connectivity index (χ1v) is 10.7. The van der Waals surface area contributed by atoms with Gasteiger partial charge in [-0.3, -0.25) is 14.5 Å². The topological polar surface area (TPSA) is 102 Å². The maximum Gasteiger partial charge on any atom is 0.254 e. The zero-order valence-electron chi connectivity index (χ0n) is 18.1. The first kappa shape index (κ1) is 22.5. The van der Waals surface area contributed by atoms with Crippen LogP contribution in [0.3, 0.4) is 0 Å². The maximum atomic E-state index is 13.8. The van der Waals surface area contributed by atoms with Crippen molar-refractivity contribution in [3.05, 3.63) is 58.1 Å². The molecule has 0 saturated carbocycles. The van der Waals surface area contributed by atoms with Crippen LogP contribution in [0.25, 0.3) is 0 Å². The van der Waals surface area contributed by atoms with Crippen molar-refractivity contribution in [3.63, 3.8) is 0 Å². The summed E-state index contributed by atoms with van der Waals surface area (Å²) in [5, 5.41) is 23.7. The summed E-state index contributed by atoms with van der Waals surface area (Å²) in [7, 11) is 4.78.